The van der Waals surface area contributed by atoms with Crippen LogP contribution in [0.2, 0.25) is 0 Å². The first-order valence-electron chi connectivity index (χ1n) is 7.64. The summed E-state index contributed by atoms with van der Waals surface area (Å²) < 4.78 is 0. The van der Waals surface area contributed by atoms with E-state index in [9.17, 15) is 0 Å². The van der Waals surface area contributed by atoms with Gasteiger partial charge in [-0.25, -0.2) is 0 Å². The minimum absolute atomic E-state index is 0.740. The van der Waals surface area contributed by atoms with Crippen molar-refractivity contribution < 1.29 is 0 Å². The maximum atomic E-state index is 3.65. The van der Waals surface area contributed by atoms with Gasteiger partial charge in [0.15, 0.2) is 0 Å². The zero-order valence-corrected chi connectivity index (χ0v) is 11.9. The van der Waals surface area contributed by atoms with Crippen LogP contribution in [-0.4, -0.2) is 37.1 Å². The highest BCUT2D eigenvalue weighted by molar-refractivity contribution is 4.86. The number of hydrogen-bond acceptors (Lipinski definition) is 2. The second kappa shape index (κ2) is 6.19. The fourth-order valence-corrected chi connectivity index (χ4v) is 3.60. The fourth-order valence-electron chi connectivity index (χ4n) is 3.60. The molecular weight excluding hydrogens is 208 g/mol. The fraction of sp³-hybridized carbons (Fsp3) is 1.00. The number of rotatable bonds is 4. The summed E-state index contributed by atoms with van der Waals surface area (Å²) in [7, 11) is 2.34. The van der Waals surface area contributed by atoms with E-state index in [1.807, 2.05) is 0 Å². The normalized spacial score (nSPS) is 38.8. The van der Waals surface area contributed by atoms with Gasteiger partial charge in [0, 0.05) is 18.6 Å². The Morgan fingerprint density at radius 2 is 1.82 bits per heavy atom. The lowest BCUT2D eigenvalue weighted by molar-refractivity contribution is 0.147. The van der Waals surface area contributed by atoms with Gasteiger partial charge in [0.1, 0.15) is 0 Å². The van der Waals surface area contributed by atoms with Crippen LogP contribution in [0.3, 0.4) is 0 Å². The minimum Gasteiger partial charge on any atom is -0.312 e. The van der Waals surface area contributed by atoms with Gasteiger partial charge in [-0.05, 0) is 57.5 Å². The van der Waals surface area contributed by atoms with Gasteiger partial charge in [-0.2, -0.15) is 0 Å². The molecule has 2 rings (SSSR count). The zero-order valence-electron chi connectivity index (χ0n) is 11.9. The molecule has 1 saturated carbocycles. The highest BCUT2D eigenvalue weighted by atomic mass is 15.2. The van der Waals surface area contributed by atoms with Gasteiger partial charge < -0.3 is 10.2 Å². The lowest BCUT2D eigenvalue weighted by Gasteiger charge is -2.36. The molecule has 0 bridgehead atoms. The van der Waals surface area contributed by atoms with Crippen molar-refractivity contribution in [1.82, 2.24) is 10.2 Å². The second-order valence-electron chi connectivity index (χ2n) is 6.35. The van der Waals surface area contributed by atoms with Gasteiger partial charge in [-0.15, -0.1) is 0 Å². The van der Waals surface area contributed by atoms with Gasteiger partial charge in [-0.3, -0.25) is 0 Å². The molecule has 0 aromatic rings. The summed E-state index contributed by atoms with van der Waals surface area (Å²) in [5.41, 5.74) is 0. The van der Waals surface area contributed by atoms with Crippen molar-refractivity contribution in [2.24, 2.45) is 11.8 Å². The Balaban J connectivity index is 1.74. The molecule has 2 fully saturated rings. The van der Waals surface area contributed by atoms with E-state index in [4.69, 9.17) is 0 Å². The molecule has 0 aromatic heterocycles. The van der Waals surface area contributed by atoms with E-state index < -0.39 is 0 Å². The molecule has 2 aliphatic rings. The summed E-state index contributed by atoms with van der Waals surface area (Å²) in [6.45, 7) is 7.22. The van der Waals surface area contributed by atoms with Crippen LogP contribution in [0, 0.1) is 11.8 Å². The second-order valence-corrected chi connectivity index (χ2v) is 6.35. The SMILES string of the molecule is CCC1CCC(N(C)CC2NCCC2C)CC1. The molecule has 2 heteroatoms. The molecule has 1 saturated heterocycles. The third-order valence-corrected chi connectivity index (χ3v) is 5.19. The predicted octanol–water partition coefficient (Wildman–Crippen LogP) is 2.89. The number of likely N-dealkylation sites (N-methyl/N-ethyl adjacent to an activating group) is 1. The van der Waals surface area contributed by atoms with Gasteiger partial charge >= 0.3 is 0 Å². The Morgan fingerprint density at radius 1 is 1.12 bits per heavy atom. The maximum Gasteiger partial charge on any atom is 0.0221 e. The Bertz CT molecular complexity index is 221. The summed E-state index contributed by atoms with van der Waals surface area (Å²) in [5.74, 6) is 1.88. The molecule has 1 aliphatic carbocycles. The van der Waals surface area contributed by atoms with Crippen molar-refractivity contribution in [3.8, 4) is 0 Å². The largest absolute Gasteiger partial charge is 0.312 e. The van der Waals surface area contributed by atoms with Crippen molar-refractivity contribution in [3.05, 3.63) is 0 Å². The third-order valence-electron chi connectivity index (χ3n) is 5.19. The average molecular weight is 238 g/mol. The van der Waals surface area contributed by atoms with E-state index in [0.29, 0.717) is 0 Å². The molecule has 0 amide bonds. The zero-order chi connectivity index (χ0) is 12.3. The molecule has 100 valence electrons. The molecule has 0 aromatic carbocycles. The molecule has 2 nitrogen and oxygen atoms in total. The monoisotopic (exact) mass is 238 g/mol. The Labute approximate surface area is 107 Å². The van der Waals surface area contributed by atoms with Gasteiger partial charge in [0.2, 0.25) is 0 Å². The lowest BCUT2D eigenvalue weighted by Crippen LogP contribution is -2.44. The molecule has 1 heterocycles. The van der Waals surface area contributed by atoms with Crippen molar-refractivity contribution in [2.45, 2.75) is 64.5 Å². The molecule has 0 spiro atoms. The van der Waals surface area contributed by atoms with Crippen LogP contribution in [0.1, 0.15) is 52.4 Å². The van der Waals surface area contributed by atoms with E-state index in [-0.39, 0.29) is 0 Å². The first-order chi connectivity index (χ1) is 8.20. The molecule has 0 radical (unpaired) electrons. The van der Waals surface area contributed by atoms with Crippen LogP contribution < -0.4 is 5.32 Å². The van der Waals surface area contributed by atoms with Crippen LogP contribution in [0.4, 0.5) is 0 Å². The minimum atomic E-state index is 0.740. The van der Waals surface area contributed by atoms with Crippen molar-refractivity contribution in [1.29, 1.82) is 0 Å². The molecule has 2 unspecified atom stereocenters. The Kier molecular flexibility index (Phi) is 4.87. The topological polar surface area (TPSA) is 15.3 Å². The molecule has 1 N–H and O–H groups in total. The number of nitrogens with one attached hydrogen (secondary N) is 1. The summed E-state index contributed by atoms with van der Waals surface area (Å²) in [6.07, 6.45) is 8.52. The summed E-state index contributed by atoms with van der Waals surface area (Å²) in [6, 6.07) is 1.59. The summed E-state index contributed by atoms with van der Waals surface area (Å²) in [5, 5.41) is 3.65. The molecule has 17 heavy (non-hydrogen) atoms. The predicted molar refractivity (Wildman–Crippen MR) is 74.2 cm³/mol. The van der Waals surface area contributed by atoms with Gasteiger partial charge in [-0.1, -0.05) is 20.3 Å². The summed E-state index contributed by atoms with van der Waals surface area (Å²) >= 11 is 0. The maximum absolute atomic E-state index is 3.65. The van der Waals surface area contributed by atoms with Crippen LogP contribution in [0.15, 0.2) is 0 Å². The van der Waals surface area contributed by atoms with E-state index in [0.717, 1.165) is 23.9 Å². The number of hydrogen-bond donors (Lipinski definition) is 1. The Morgan fingerprint density at radius 3 is 2.35 bits per heavy atom. The highest BCUT2D eigenvalue weighted by Gasteiger charge is 2.28. The molecule has 1 aliphatic heterocycles. The molecule has 2 atom stereocenters. The van der Waals surface area contributed by atoms with E-state index in [1.54, 1.807) is 0 Å². The van der Waals surface area contributed by atoms with Crippen LogP contribution in [0.25, 0.3) is 0 Å². The quantitative estimate of drug-likeness (QED) is 0.810. The van der Waals surface area contributed by atoms with Crippen LogP contribution in [-0.2, 0) is 0 Å². The number of nitrogens with zero attached hydrogens (tertiary/aromatic N) is 1. The van der Waals surface area contributed by atoms with Crippen molar-refractivity contribution in [3.63, 3.8) is 0 Å². The van der Waals surface area contributed by atoms with E-state index in [1.165, 1.54) is 51.6 Å². The first kappa shape index (κ1) is 13.4. The first-order valence-corrected chi connectivity index (χ1v) is 7.64. The van der Waals surface area contributed by atoms with E-state index in [2.05, 4.69) is 31.1 Å². The van der Waals surface area contributed by atoms with Crippen LogP contribution >= 0.6 is 0 Å². The third kappa shape index (κ3) is 3.45. The highest BCUT2D eigenvalue weighted by Crippen LogP contribution is 2.29. The molecular formula is C15H30N2. The lowest BCUT2D eigenvalue weighted by atomic mass is 9.84. The Hall–Kier alpha value is -0.0800. The van der Waals surface area contributed by atoms with Crippen molar-refractivity contribution in [2.75, 3.05) is 20.1 Å². The average Bonchev–Trinajstić information content (AvgIpc) is 2.75. The van der Waals surface area contributed by atoms with Gasteiger partial charge in [0.25, 0.3) is 0 Å². The van der Waals surface area contributed by atoms with E-state index >= 15 is 0 Å². The standard InChI is InChI=1S/C15H30N2/c1-4-13-5-7-14(8-6-13)17(3)11-15-12(2)9-10-16-15/h12-16H,4-11H2,1-3H3. The van der Waals surface area contributed by atoms with Crippen molar-refractivity contribution >= 4 is 0 Å². The van der Waals surface area contributed by atoms with Gasteiger partial charge in [0.05, 0.1) is 0 Å². The van der Waals surface area contributed by atoms with Crippen LogP contribution in [0.5, 0.6) is 0 Å². The summed E-state index contributed by atoms with van der Waals surface area (Å²) in [4.78, 5) is 2.63. The smallest absolute Gasteiger partial charge is 0.0221 e.